The number of nitrogens with zero attached hydrogens (tertiary/aromatic N) is 2. The summed E-state index contributed by atoms with van der Waals surface area (Å²) in [5.74, 6) is 0. The van der Waals surface area contributed by atoms with Crippen molar-refractivity contribution < 1.29 is 4.42 Å². The topological polar surface area (TPSA) is 23.0 Å². The summed E-state index contributed by atoms with van der Waals surface area (Å²) < 4.78 is 11.4. The van der Waals surface area contributed by atoms with Gasteiger partial charge < -0.3 is 13.6 Å². The molecule has 0 aliphatic carbocycles. The van der Waals surface area contributed by atoms with Gasteiger partial charge in [0.05, 0.1) is 22.1 Å². The zero-order chi connectivity index (χ0) is 37.5. The summed E-state index contributed by atoms with van der Waals surface area (Å²) in [5.41, 5.74) is 15.8. The van der Waals surface area contributed by atoms with Crippen LogP contribution in [-0.2, 0) is 0 Å². The van der Waals surface area contributed by atoms with Crippen LogP contribution in [0.5, 0.6) is 0 Å². The van der Waals surface area contributed by atoms with Crippen LogP contribution < -0.4 is 0 Å². The fourth-order valence-electron chi connectivity index (χ4n) is 9.07. The van der Waals surface area contributed by atoms with E-state index in [-0.39, 0.29) is 0 Å². The largest absolute Gasteiger partial charge is 0.455 e. The molecule has 3 heterocycles. The number of benzene rings is 9. The smallest absolute Gasteiger partial charge is 0.143 e. The molecule has 0 bridgehead atoms. The van der Waals surface area contributed by atoms with E-state index in [1.54, 1.807) is 0 Å². The van der Waals surface area contributed by atoms with Crippen molar-refractivity contribution >= 4 is 65.6 Å². The van der Waals surface area contributed by atoms with Crippen molar-refractivity contribution in [2.45, 2.75) is 0 Å². The third-order valence-electron chi connectivity index (χ3n) is 11.7. The maximum atomic E-state index is 6.64. The quantitative estimate of drug-likeness (QED) is 0.173. The molecule has 0 atom stereocenters. The maximum absolute atomic E-state index is 6.64. The molecule has 266 valence electrons. The Morgan fingerprint density at radius 2 is 0.754 bits per heavy atom. The highest BCUT2D eigenvalue weighted by Gasteiger charge is 2.20. The third kappa shape index (κ3) is 4.92. The highest BCUT2D eigenvalue weighted by molar-refractivity contribution is 6.14. The third-order valence-corrected chi connectivity index (χ3v) is 11.7. The van der Waals surface area contributed by atoms with Gasteiger partial charge in [0.25, 0.3) is 0 Å². The number of fused-ring (bicyclic) bond motifs is 9. The van der Waals surface area contributed by atoms with Crippen LogP contribution in [0.1, 0.15) is 0 Å². The maximum Gasteiger partial charge on any atom is 0.143 e. The number of furan rings is 1. The highest BCUT2D eigenvalue weighted by Crippen LogP contribution is 2.42. The van der Waals surface area contributed by atoms with E-state index in [2.05, 4.69) is 209 Å². The Bertz CT molecular complexity index is 3490. The van der Waals surface area contributed by atoms with Gasteiger partial charge in [0, 0.05) is 49.3 Å². The monoisotopic (exact) mass is 726 g/mol. The van der Waals surface area contributed by atoms with Crippen LogP contribution in [-0.4, -0.2) is 9.13 Å². The number of aromatic nitrogens is 2. The molecule has 0 N–H and O–H groups in total. The summed E-state index contributed by atoms with van der Waals surface area (Å²) in [6, 6.07) is 74.4. The first kappa shape index (κ1) is 31.7. The molecule has 0 unspecified atom stereocenters. The molecule has 0 saturated carbocycles. The van der Waals surface area contributed by atoms with Crippen molar-refractivity contribution in [1.82, 2.24) is 9.13 Å². The molecule has 0 aliphatic heterocycles. The van der Waals surface area contributed by atoms with Gasteiger partial charge in [-0.2, -0.15) is 0 Å². The zero-order valence-electron chi connectivity index (χ0n) is 30.9. The Hall–Kier alpha value is -7.62. The van der Waals surface area contributed by atoms with E-state index in [1.165, 1.54) is 71.6 Å². The second kappa shape index (κ2) is 12.5. The average molecular weight is 727 g/mol. The van der Waals surface area contributed by atoms with Gasteiger partial charge in [-0.1, -0.05) is 140 Å². The number of rotatable bonds is 5. The lowest BCUT2D eigenvalue weighted by Crippen LogP contribution is -1.95. The molecular formula is C54H34N2O. The molecule has 0 spiro atoms. The normalized spacial score (nSPS) is 11.9. The fraction of sp³-hybridized carbons (Fsp3) is 0. The van der Waals surface area contributed by atoms with Gasteiger partial charge in [0.15, 0.2) is 0 Å². The van der Waals surface area contributed by atoms with Crippen LogP contribution >= 0.6 is 0 Å². The molecule has 0 saturated heterocycles. The molecule has 3 heteroatoms. The lowest BCUT2D eigenvalue weighted by Gasteiger charge is -2.12. The minimum absolute atomic E-state index is 0.891. The van der Waals surface area contributed by atoms with Crippen molar-refractivity contribution in [2.75, 3.05) is 0 Å². The van der Waals surface area contributed by atoms with E-state index in [9.17, 15) is 0 Å². The molecule has 3 nitrogen and oxygen atoms in total. The van der Waals surface area contributed by atoms with Gasteiger partial charge in [-0.3, -0.25) is 0 Å². The number of hydrogen-bond acceptors (Lipinski definition) is 1. The molecule has 3 aromatic heterocycles. The molecule has 0 aliphatic rings. The van der Waals surface area contributed by atoms with Crippen LogP contribution in [0.4, 0.5) is 0 Å². The summed E-state index contributed by atoms with van der Waals surface area (Å²) >= 11 is 0. The summed E-state index contributed by atoms with van der Waals surface area (Å²) in [6.07, 6.45) is 0. The van der Waals surface area contributed by atoms with Crippen LogP contribution in [0.15, 0.2) is 211 Å². The van der Waals surface area contributed by atoms with Crippen LogP contribution in [0.25, 0.3) is 110 Å². The molecule has 9 aromatic carbocycles. The van der Waals surface area contributed by atoms with Crippen molar-refractivity contribution in [1.29, 1.82) is 0 Å². The van der Waals surface area contributed by atoms with E-state index >= 15 is 0 Å². The van der Waals surface area contributed by atoms with E-state index in [1.807, 2.05) is 6.07 Å². The molecule has 0 amide bonds. The van der Waals surface area contributed by atoms with Crippen molar-refractivity contribution in [3.8, 4) is 44.8 Å². The van der Waals surface area contributed by atoms with Crippen LogP contribution in [0.3, 0.4) is 0 Å². The molecule has 0 radical (unpaired) electrons. The fourth-order valence-corrected chi connectivity index (χ4v) is 9.07. The van der Waals surface area contributed by atoms with Gasteiger partial charge in [0.1, 0.15) is 11.2 Å². The summed E-state index contributed by atoms with van der Waals surface area (Å²) in [6.45, 7) is 0. The Morgan fingerprint density at radius 3 is 1.40 bits per heavy atom. The molecule has 0 fully saturated rings. The SMILES string of the molecule is c1ccc(-c2ccc(-c3cc(-n4c5ccccc5c5cc(-c6ccc7c(c6)c6ccccc6n7-c6ccccc6)ccc54)cc4c3oc3ccccc34)cc2)cc1. The van der Waals surface area contributed by atoms with Gasteiger partial charge in [-0.05, 0) is 94.5 Å². The Labute approximate surface area is 328 Å². The first-order valence-electron chi connectivity index (χ1n) is 19.5. The zero-order valence-corrected chi connectivity index (χ0v) is 30.9. The first-order valence-corrected chi connectivity index (χ1v) is 19.5. The summed E-state index contributed by atoms with van der Waals surface area (Å²) in [4.78, 5) is 0. The van der Waals surface area contributed by atoms with E-state index in [0.29, 0.717) is 0 Å². The highest BCUT2D eigenvalue weighted by atomic mass is 16.3. The van der Waals surface area contributed by atoms with Gasteiger partial charge in [0.2, 0.25) is 0 Å². The number of hydrogen-bond donors (Lipinski definition) is 0. The number of para-hydroxylation sites is 4. The van der Waals surface area contributed by atoms with Crippen molar-refractivity contribution in [2.24, 2.45) is 0 Å². The molecule has 57 heavy (non-hydrogen) atoms. The Kier molecular flexibility index (Phi) is 6.93. The Morgan fingerprint density at radius 1 is 0.281 bits per heavy atom. The van der Waals surface area contributed by atoms with Crippen LogP contribution in [0.2, 0.25) is 0 Å². The van der Waals surface area contributed by atoms with E-state index in [4.69, 9.17) is 4.42 Å². The second-order valence-electron chi connectivity index (χ2n) is 14.9. The lowest BCUT2D eigenvalue weighted by molar-refractivity contribution is 0.670. The second-order valence-corrected chi connectivity index (χ2v) is 14.9. The summed E-state index contributed by atoms with van der Waals surface area (Å²) in [7, 11) is 0. The standard InChI is InChI=1S/C54H34N2O/c1-3-13-35(14-4-1)36-23-25-37(26-24-36)45-33-41(34-48-44-19-9-12-22-53(44)57-54(45)48)56-50-21-11-8-18-43(50)47-32-39(28-30-52(47)56)38-27-29-51-46(31-38)42-17-7-10-20-49(42)55(51)40-15-5-2-6-16-40/h1-34H. The molecular weight excluding hydrogens is 693 g/mol. The van der Waals surface area contributed by atoms with Gasteiger partial charge in [-0.15, -0.1) is 0 Å². The molecule has 12 rings (SSSR count). The van der Waals surface area contributed by atoms with E-state index < -0.39 is 0 Å². The van der Waals surface area contributed by atoms with Crippen molar-refractivity contribution in [3.05, 3.63) is 206 Å². The summed E-state index contributed by atoms with van der Waals surface area (Å²) in [5, 5.41) is 7.17. The first-order chi connectivity index (χ1) is 28.3. The lowest BCUT2D eigenvalue weighted by atomic mass is 9.98. The minimum atomic E-state index is 0.891. The van der Waals surface area contributed by atoms with E-state index in [0.717, 1.165) is 38.8 Å². The van der Waals surface area contributed by atoms with Gasteiger partial charge in [-0.25, -0.2) is 0 Å². The van der Waals surface area contributed by atoms with Gasteiger partial charge >= 0.3 is 0 Å². The Balaban J connectivity index is 1.05. The minimum Gasteiger partial charge on any atom is -0.455 e. The molecule has 12 aromatic rings. The predicted molar refractivity (Wildman–Crippen MR) is 239 cm³/mol. The van der Waals surface area contributed by atoms with Crippen molar-refractivity contribution in [3.63, 3.8) is 0 Å². The average Bonchev–Trinajstić information content (AvgIpc) is 3.94. The predicted octanol–water partition coefficient (Wildman–Crippen LogP) is 14.8. The van der Waals surface area contributed by atoms with Crippen LogP contribution in [0, 0.1) is 0 Å².